The fourth-order valence-electron chi connectivity index (χ4n) is 3.76. The summed E-state index contributed by atoms with van der Waals surface area (Å²) >= 11 is 0. The zero-order valence-corrected chi connectivity index (χ0v) is 18.6. The molecule has 0 saturated carbocycles. The lowest BCUT2D eigenvalue weighted by Gasteiger charge is -2.13. The van der Waals surface area contributed by atoms with Crippen molar-refractivity contribution >= 4 is 5.97 Å². The number of aromatic carboxylic acids is 1. The number of carbonyl (C=O) groups is 1. The van der Waals surface area contributed by atoms with Crippen LogP contribution >= 0.6 is 0 Å². The van der Waals surface area contributed by atoms with Crippen LogP contribution in [-0.2, 0) is 0 Å². The zero-order valence-electron chi connectivity index (χ0n) is 18.6. The Hall–Kier alpha value is -2.29. The largest absolute Gasteiger partial charge is 0.493 e. The number of hydrogen-bond donors (Lipinski definition) is 1. The molecule has 3 heteroatoms. The monoisotopic (exact) mass is 410 g/mol. The second-order valence-corrected chi connectivity index (χ2v) is 8.12. The minimum atomic E-state index is -0.926. The summed E-state index contributed by atoms with van der Waals surface area (Å²) in [7, 11) is 0. The number of ether oxygens (including phenoxy) is 1. The van der Waals surface area contributed by atoms with Crippen LogP contribution in [0.1, 0.15) is 94.3 Å². The quantitative estimate of drug-likeness (QED) is 0.284. The summed E-state index contributed by atoms with van der Waals surface area (Å²) in [5, 5.41) is 9.30. The van der Waals surface area contributed by atoms with E-state index in [4.69, 9.17) is 4.74 Å². The molecule has 30 heavy (non-hydrogen) atoms. The normalized spacial score (nSPS) is 10.8. The summed E-state index contributed by atoms with van der Waals surface area (Å²) in [4.78, 5) is 11.3. The van der Waals surface area contributed by atoms with Gasteiger partial charge in [0.05, 0.1) is 12.2 Å². The maximum atomic E-state index is 11.3. The molecule has 164 valence electrons. The number of rotatable bonds is 16. The van der Waals surface area contributed by atoms with Crippen molar-refractivity contribution < 1.29 is 14.6 Å². The lowest BCUT2D eigenvalue weighted by atomic mass is 10.0. The third-order valence-electron chi connectivity index (χ3n) is 5.57. The first-order valence-corrected chi connectivity index (χ1v) is 11.8. The van der Waals surface area contributed by atoms with Crippen LogP contribution in [0.3, 0.4) is 0 Å². The van der Waals surface area contributed by atoms with Crippen molar-refractivity contribution in [1.29, 1.82) is 0 Å². The molecule has 0 unspecified atom stereocenters. The molecule has 0 amide bonds. The Balaban J connectivity index is 1.67. The Morgan fingerprint density at radius 1 is 0.767 bits per heavy atom. The third kappa shape index (κ3) is 9.02. The van der Waals surface area contributed by atoms with Gasteiger partial charge >= 0.3 is 5.97 Å². The average molecular weight is 411 g/mol. The minimum Gasteiger partial charge on any atom is -0.493 e. The molecule has 1 N–H and O–H groups in total. The van der Waals surface area contributed by atoms with Gasteiger partial charge in [-0.25, -0.2) is 4.79 Å². The third-order valence-corrected chi connectivity index (χ3v) is 5.57. The molecule has 2 rings (SSSR count). The summed E-state index contributed by atoms with van der Waals surface area (Å²) in [5.74, 6) is -0.269. The van der Waals surface area contributed by atoms with Gasteiger partial charge in [-0.15, -0.1) is 0 Å². The van der Waals surface area contributed by atoms with Crippen molar-refractivity contribution in [3.8, 4) is 16.9 Å². The molecule has 0 aromatic heterocycles. The van der Waals surface area contributed by atoms with Gasteiger partial charge in [0.1, 0.15) is 5.75 Å². The van der Waals surface area contributed by atoms with Crippen LogP contribution in [0.5, 0.6) is 5.75 Å². The van der Waals surface area contributed by atoms with Gasteiger partial charge in [0.2, 0.25) is 0 Å². The van der Waals surface area contributed by atoms with Gasteiger partial charge in [0.25, 0.3) is 0 Å². The number of benzene rings is 2. The van der Waals surface area contributed by atoms with Gasteiger partial charge in [-0.1, -0.05) is 108 Å². The van der Waals surface area contributed by atoms with Crippen LogP contribution in [0.25, 0.3) is 11.1 Å². The fraction of sp³-hybridized carbons (Fsp3) is 0.519. The highest BCUT2D eigenvalue weighted by molar-refractivity contribution is 5.89. The van der Waals surface area contributed by atoms with Gasteiger partial charge in [0, 0.05) is 5.56 Å². The van der Waals surface area contributed by atoms with E-state index >= 15 is 0 Å². The van der Waals surface area contributed by atoms with Gasteiger partial charge in [0.15, 0.2) is 0 Å². The van der Waals surface area contributed by atoms with Crippen LogP contribution < -0.4 is 4.74 Å². The maximum absolute atomic E-state index is 11.3. The van der Waals surface area contributed by atoms with Gasteiger partial charge in [-0.05, 0) is 30.2 Å². The fourth-order valence-corrected chi connectivity index (χ4v) is 3.76. The maximum Gasteiger partial charge on any atom is 0.335 e. The molecule has 2 aromatic rings. The minimum absolute atomic E-state index is 0.263. The van der Waals surface area contributed by atoms with Crippen molar-refractivity contribution in [2.24, 2.45) is 0 Å². The molecule has 0 atom stereocenters. The van der Waals surface area contributed by atoms with Crippen LogP contribution in [0.2, 0.25) is 0 Å². The number of unbranched alkanes of at least 4 members (excludes halogenated alkanes) is 11. The highest BCUT2D eigenvalue weighted by Gasteiger charge is 2.11. The highest BCUT2D eigenvalue weighted by atomic mass is 16.5. The zero-order chi connectivity index (χ0) is 21.4. The van der Waals surface area contributed by atoms with Crippen LogP contribution in [-0.4, -0.2) is 17.7 Å². The highest BCUT2D eigenvalue weighted by Crippen LogP contribution is 2.31. The Bertz CT molecular complexity index is 724. The number of hydrogen-bond acceptors (Lipinski definition) is 2. The molecule has 0 bridgehead atoms. The van der Waals surface area contributed by atoms with E-state index in [1.165, 1.54) is 64.2 Å². The van der Waals surface area contributed by atoms with Gasteiger partial charge in [-0.3, -0.25) is 0 Å². The van der Waals surface area contributed by atoms with E-state index in [9.17, 15) is 9.90 Å². The standard InChI is InChI=1S/C27H38O3/c1-2-3-4-5-6-7-8-9-10-11-12-16-21-30-26-22-24(27(28)29)19-20-25(26)23-17-14-13-15-18-23/h13-15,17-20,22H,2-12,16,21H2,1H3,(H,28,29). The summed E-state index contributed by atoms with van der Waals surface area (Å²) in [6.07, 6.45) is 15.7. The van der Waals surface area contributed by atoms with Crippen LogP contribution in [0.15, 0.2) is 48.5 Å². The lowest BCUT2D eigenvalue weighted by molar-refractivity contribution is 0.0696. The molecular formula is C27H38O3. The van der Waals surface area contributed by atoms with Crippen molar-refractivity contribution in [3.63, 3.8) is 0 Å². The van der Waals surface area contributed by atoms with Crippen LogP contribution in [0, 0.1) is 0 Å². The molecule has 2 aromatic carbocycles. The molecule has 0 spiro atoms. The van der Waals surface area contributed by atoms with Crippen molar-refractivity contribution in [2.75, 3.05) is 6.61 Å². The van der Waals surface area contributed by atoms with Gasteiger partial charge in [-0.2, -0.15) is 0 Å². The Kier molecular flexibility index (Phi) is 11.7. The van der Waals surface area contributed by atoms with E-state index in [1.807, 2.05) is 36.4 Å². The summed E-state index contributed by atoms with van der Waals surface area (Å²) in [5.41, 5.74) is 2.25. The SMILES string of the molecule is CCCCCCCCCCCCCCOc1cc(C(=O)O)ccc1-c1ccccc1. The molecule has 0 aliphatic rings. The molecular weight excluding hydrogens is 372 g/mol. The molecule has 3 nitrogen and oxygen atoms in total. The van der Waals surface area contributed by atoms with Crippen LogP contribution in [0.4, 0.5) is 0 Å². The molecule has 0 aliphatic carbocycles. The van der Waals surface area contributed by atoms with Gasteiger partial charge < -0.3 is 9.84 Å². The van der Waals surface area contributed by atoms with E-state index in [0.717, 1.165) is 24.0 Å². The lowest BCUT2D eigenvalue weighted by Crippen LogP contribution is -2.02. The number of carboxylic acid groups (broad SMARTS) is 1. The van der Waals surface area contributed by atoms with Crippen molar-refractivity contribution in [3.05, 3.63) is 54.1 Å². The predicted molar refractivity (Wildman–Crippen MR) is 125 cm³/mol. The number of carboxylic acids is 1. The van der Waals surface area contributed by atoms with Crippen molar-refractivity contribution in [1.82, 2.24) is 0 Å². The van der Waals surface area contributed by atoms with E-state index in [2.05, 4.69) is 6.92 Å². The van der Waals surface area contributed by atoms with E-state index < -0.39 is 5.97 Å². The molecule has 0 fully saturated rings. The van der Waals surface area contributed by atoms with E-state index in [0.29, 0.717) is 12.4 Å². The molecule has 0 aliphatic heterocycles. The van der Waals surface area contributed by atoms with Crippen molar-refractivity contribution in [2.45, 2.75) is 84.0 Å². The van der Waals surface area contributed by atoms with E-state index in [-0.39, 0.29) is 5.56 Å². The predicted octanol–water partition coefficient (Wildman–Crippen LogP) is 8.13. The van der Waals surface area contributed by atoms with E-state index in [1.54, 1.807) is 12.1 Å². The smallest absolute Gasteiger partial charge is 0.335 e. The first-order valence-electron chi connectivity index (χ1n) is 11.8. The topological polar surface area (TPSA) is 46.5 Å². The first-order chi connectivity index (χ1) is 14.7. The molecule has 0 radical (unpaired) electrons. The summed E-state index contributed by atoms with van der Waals surface area (Å²) in [6, 6.07) is 15.1. The Labute approximate surface area is 182 Å². The second kappa shape index (κ2) is 14.7. The Morgan fingerprint density at radius 3 is 1.90 bits per heavy atom. The second-order valence-electron chi connectivity index (χ2n) is 8.12. The molecule has 0 heterocycles. The first kappa shape index (κ1) is 24.0. The summed E-state index contributed by atoms with van der Waals surface area (Å²) < 4.78 is 6.01. The summed E-state index contributed by atoms with van der Waals surface area (Å²) in [6.45, 7) is 2.89. The average Bonchev–Trinajstić information content (AvgIpc) is 2.77. The molecule has 0 saturated heterocycles. The Morgan fingerprint density at radius 2 is 1.33 bits per heavy atom.